The molecule has 7 nitrogen and oxygen atoms in total. The van der Waals surface area contributed by atoms with Gasteiger partial charge >= 0.3 is 0 Å². The highest BCUT2D eigenvalue weighted by atomic mass is 16.5. The van der Waals surface area contributed by atoms with Crippen molar-refractivity contribution in [2.24, 2.45) is 5.41 Å². The fraction of sp³-hybridized carbons (Fsp3) is 0.545. The number of imidazole rings is 1. The maximum absolute atomic E-state index is 9.35. The van der Waals surface area contributed by atoms with E-state index in [1.807, 2.05) is 11.5 Å². The number of aliphatic hydroxyl groups excluding tert-OH is 1. The molecule has 2 atom stereocenters. The number of nitrogens with zero attached hydrogens (tertiary/aromatic N) is 4. The maximum Gasteiger partial charge on any atom is 0.167 e. The highest BCUT2D eigenvalue weighted by Gasteiger charge is 2.37. The first-order chi connectivity index (χ1) is 8.63. The Morgan fingerprint density at radius 2 is 2.39 bits per heavy atom. The second kappa shape index (κ2) is 3.89. The van der Waals surface area contributed by atoms with Gasteiger partial charge in [-0.3, -0.25) is 4.57 Å². The minimum absolute atomic E-state index is 0.104. The highest BCUT2D eigenvalue weighted by Crippen LogP contribution is 2.38. The van der Waals surface area contributed by atoms with Crippen LogP contribution in [0, 0.1) is 5.41 Å². The van der Waals surface area contributed by atoms with Crippen LogP contribution in [0.25, 0.3) is 11.2 Å². The van der Waals surface area contributed by atoms with Crippen molar-refractivity contribution in [2.45, 2.75) is 19.6 Å². The lowest BCUT2D eigenvalue weighted by Crippen LogP contribution is -2.21. The zero-order valence-electron chi connectivity index (χ0n) is 10.1. The van der Waals surface area contributed by atoms with Crippen LogP contribution in [0.15, 0.2) is 12.7 Å². The van der Waals surface area contributed by atoms with Gasteiger partial charge in [-0.25, -0.2) is 15.0 Å². The zero-order valence-corrected chi connectivity index (χ0v) is 10.1. The van der Waals surface area contributed by atoms with Crippen LogP contribution in [0.4, 0.5) is 5.82 Å². The molecule has 18 heavy (non-hydrogen) atoms. The van der Waals surface area contributed by atoms with Crippen LogP contribution in [-0.2, 0) is 4.74 Å². The first kappa shape index (κ1) is 11.4. The Balaban J connectivity index is 1.99. The van der Waals surface area contributed by atoms with Gasteiger partial charge < -0.3 is 15.6 Å². The number of aliphatic hydroxyl groups is 1. The largest absolute Gasteiger partial charge is 0.396 e. The standard InChI is InChI=1S/C11H15N5O2/c1-11(3-17)2-7(18-4-11)16-6-15-8-9(12)13-5-14-10(8)16/h5-7,17H,2-4H2,1H3,(H2,12,13,14)/t7-,11-/m0/s1. The lowest BCUT2D eigenvalue weighted by Gasteiger charge is -2.17. The molecule has 3 heterocycles. The average molecular weight is 249 g/mol. The van der Waals surface area contributed by atoms with E-state index in [1.54, 1.807) is 6.33 Å². The van der Waals surface area contributed by atoms with Crippen LogP contribution >= 0.6 is 0 Å². The summed E-state index contributed by atoms with van der Waals surface area (Å²) in [4.78, 5) is 12.3. The molecule has 0 saturated carbocycles. The van der Waals surface area contributed by atoms with Crippen LogP contribution in [0.1, 0.15) is 19.6 Å². The van der Waals surface area contributed by atoms with Gasteiger partial charge in [0.15, 0.2) is 11.5 Å². The molecule has 3 rings (SSSR count). The number of hydrogen-bond acceptors (Lipinski definition) is 6. The molecule has 96 valence electrons. The van der Waals surface area contributed by atoms with Crippen molar-refractivity contribution in [3.8, 4) is 0 Å². The average Bonchev–Trinajstić information content (AvgIpc) is 2.94. The summed E-state index contributed by atoms with van der Waals surface area (Å²) in [5.41, 5.74) is 6.78. The summed E-state index contributed by atoms with van der Waals surface area (Å²) >= 11 is 0. The molecule has 2 aromatic rings. The van der Waals surface area contributed by atoms with Crippen molar-refractivity contribution in [3.05, 3.63) is 12.7 Å². The molecule has 1 saturated heterocycles. The Kier molecular flexibility index (Phi) is 2.46. The van der Waals surface area contributed by atoms with Gasteiger partial charge in [-0.05, 0) is 0 Å². The van der Waals surface area contributed by atoms with Crippen molar-refractivity contribution in [2.75, 3.05) is 18.9 Å². The number of ether oxygens (including phenoxy) is 1. The molecule has 0 radical (unpaired) electrons. The minimum atomic E-state index is -0.208. The smallest absolute Gasteiger partial charge is 0.167 e. The number of hydrogen-bond donors (Lipinski definition) is 2. The quantitative estimate of drug-likeness (QED) is 0.795. The molecular weight excluding hydrogens is 234 g/mol. The molecule has 0 aliphatic carbocycles. The third-order valence-electron chi connectivity index (χ3n) is 3.37. The Morgan fingerprint density at radius 1 is 1.56 bits per heavy atom. The summed E-state index contributed by atoms with van der Waals surface area (Å²) < 4.78 is 7.56. The summed E-state index contributed by atoms with van der Waals surface area (Å²) in [5, 5.41) is 9.35. The van der Waals surface area contributed by atoms with Gasteiger partial charge in [0.25, 0.3) is 0 Å². The fourth-order valence-electron chi connectivity index (χ4n) is 2.21. The third-order valence-corrected chi connectivity index (χ3v) is 3.37. The summed E-state index contributed by atoms with van der Waals surface area (Å²) in [5.74, 6) is 0.363. The van der Waals surface area contributed by atoms with E-state index in [9.17, 15) is 5.11 Å². The van der Waals surface area contributed by atoms with E-state index >= 15 is 0 Å². The predicted octanol–water partition coefficient (Wildman–Crippen LogP) is 0.326. The van der Waals surface area contributed by atoms with Crippen LogP contribution in [-0.4, -0.2) is 37.8 Å². The van der Waals surface area contributed by atoms with Crippen LogP contribution in [0.5, 0.6) is 0 Å². The van der Waals surface area contributed by atoms with Crippen molar-refractivity contribution in [1.82, 2.24) is 19.5 Å². The SMILES string of the molecule is C[C@]1(CO)CO[C@H](n2cnc3c(N)ncnc32)C1. The normalized spacial score (nSPS) is 28.0. The highest BCUT2D eigenvalue weighted by molar-refractivity contribution is 5.81. The lowest BCUT2D eigenvalue weighted by atomic mass is 9.90. The molecule has 0 amide bonds. The number of aromatic nitrogens is 4. The van der Waals surface area contributed by atoms with Crippen LogP contribution in [0.2, 0.25) is 0 Å². The van der Waals surface area contributed by atoms with Crippen molar-refractivity contribution >= 4 is 17.0 Å². The fourth-order valence-corrected chi connectivity index (χ4v) is 2.21. The van der Waals surface area contributed by atoms with Crippen molar-refractivity contribution in [3.63, 3.8) is 0 Å². The zero-order chi connectivity index (χ0) is 12.8. The van der Waals surface area contributed by atoms with Gasteiger partial charge in [0, 0.05) is 11.8 Å². The summed E-state index contributed by atoms with van der Waals surface area (Å²) in [6.07, 6.45) is 3.62. The molecule has 0 spiro atoms. The number of fused-ring (bicyclic) bond motifs is 1. The molecule has 2 aromatic heterocycles. The second-order valence-corrected chi connectivity index (χ2v) is 5.02. The van der Waals surface area contributed by atoms with Crippen molar-refractivity contribution in [1.29, 1.82) is 0 Å². The number of anilines is 1. The minimum Gasteiger partial charge on any atom is -0.396 e. The molecule has 3 N–H and O–H groups in total. The molecule has 1 fully saturated rings. The van der Waals surface area contributed by atoms with E-state index in [0.717, 1.165) is 6.42 Å². The Labute approximate surface area is 104 Å². The Morgan fingerprint density at radius 3 is 3.11 bits per heavy atom. The third kappa shape index (κ3) is 1.63. The van der Waals surface area contributed by atoms with Gasteiger partial charge in [-0.15, -0.1) is 0 Å². The predicted molar refractivity (Wildman–Crippen MR) is 64.5 cm³/mol. The van der Waals surface area contributed by atoms with Crippen molar-refractivity contribution < 1.29 is 9.84 Å². The first-order valence-corrected chi connectivity index (χ1v) is 5.78. The molecule has 1 aliphatic heterocycles. The monoisotopic (exact) mass is 249 g/mol. The maximum atomic E-state index is 9.35. The summed E-state index contributed by atoms with van der Waals surface area (Å²) in [6, 6.07) is 0. The van der Waals surface area contributed by atoms with Gasteiger partial charge in [-0.1, -0.05) is 6.92 Å². The van der Waals surface area contributed by atoms with Gasteiger partial charge in [0.2, 0.25) is 0 Å². The Bertz CT molecular complexity index is 584. The molecule has 1 aliphatic rings. The molecule has 7 heteroatoms. The summed E-state index contributed by atoms with van der Waals surface area (Å²) in [6.45, 7) is 2.62. The van der Waals surface area contributed by atoms with E-state index in [1.165, 1.54) is 6.33 Å². The second-order valence-electron chi connectivity index (χ2n) is 5.02. The van der Waals surface area contributed by atoms with Crippen LogP contribution < -0.4 is 5.73 Å². The van der Waals surface area contributed by atoms with Crippen LogP contribution in [0.3, 0.4) is 0 Å². The number of nitrogens with two attached hydrogens (primary N) is 1. The van der Waals surface area contributed by atoms with E-state index < -0.39 is 0 Å². The topological polar surface area (TPSA) is 99.1 Å². The summed E-state index contributed by atoms with van der Waals surface area (Å²) in [7, 11) is 0. The van der Waals surface area contributed by atoms with Gasteiger partial charge in [0.1, 0.15) is 18.1 Å². The lowest BCUT2D eigenvalue weighted by molar-refractivity contribution is 0.0464. The van der Waals surface area contributed by atoms with E-state index in [4.69, 9.17) is 10.5 Å². The van der Waals surface area contributed by atoms with E-state index in [-0.39, 0.29) is 18.2 Å². The van der Waals surface area contributed by atoms with Gasteiger partial charge in [0.05, 0.1) is 19.5 Å². The number of rotatable bonds is 2. The number of nitrogen functional groups attached to an aromatic ring is 1. The molecule has 0 unspecified atom stereocenters. The first-order valence-electron chi connectivity index (χ1n) is 5.78. The molecule has 0 aromatic carbocycles. The Hall–Kier alpha value is -1.73. The molecular formula is C11H15N5O2. The van der Waals surface area contributed by atoms with E-state index in [0.29, 0.717) is 23.6 Å². The van der Waals surface area contributed by atoms with Gasteiger partial charge in [-0.2, -0.15) is 0 Å². The molecule has 0 bridgehead atoms. The van der Waals surface area contributed by atoms with E-state index in [2.05, 4.69) is 15.0 Å².